The molecule has 0 aliphatic rings. The molecule has 0 saturated heterocycles. The third-order valence-corrected chi connectivity index (χ3v) is 1.31. The highest BCUT2D eigenvalue weighted by Crippen LogP contribution is 2.19. The summed E-state index contributed by atoms with van der Waals surface area (Å²) in [4.78, 5) is 7.73. The van der Waals surface area contributed by atoms with Gasteiger partial charge in [-0.2, -0.15) is 0 Å². The van der Waals surface area contributed by atoms with E-state index < -0.39 is 5.67 Å². The van der Waals surface area contributed by atoms with Crippen LogP contribution in [0.4, 0.5) is 4.39 Å². The summed E-state index contributed by atoms with van der Waals surface area (Å²) < 4.78 is 13.1. The SMILES string of the molecule is CC.Cc1cnc(C(C)(C)F)nc1. The van der Waals surface area contributed by atoms with Gasteiger partial charge >= 0.3 is 0 Å². The van der Waals surface area contributed by atoms with Crippen molar-refractivity contribution in [3.63, 3.8) is 0 Å². The Morgan fingerprint density at radius 2 is 1.54 bits per heavy atom. The zero-order chi connectivity index (χ0) is 10.5. The molecule has 0 fully saturated rings. The Labute approximate surface area is 79.2 Å². The molecule has 0 saturated carbocycles. The van der Waals surface area contributed by atoms with E-state index in [2.05, 4.69) is 9.97 Å². The van der Waals surface area contributed by atoms with Gasteiger partial charge in [0.05, 0.1) is 0 Å². The normalized spacial score (nSPS) is 10.3. The van der Waals surface area contributed by atoms with Crippen LogP contribution in [0, 0.1) is 6.92 Å². The second-order valence-corrected chi connectivity index (χ2v) is 3.06. The van der Waals surface area contributed by atoms with Crippen LogP contribution in [0.2, 0.25) is 0 Å². The maximum atomic E-state index is 13.1. The predicted octanol–water partition coefficient (Wildman–Crippen LogP) is 3.02. The molecule has 0 N–H and O–H groups in total. The number of rotatable bonds is 1. The number of hydrogen-bond acceptors (Lipinski definition) is 2. The van der Waals surface area contributed by atoms with Crippen LogP contribution in [0.5, 0.6) is 0 Å². The van der Waals surface area contributed by atoms with Crippen LogP contribution in [0.25, 0.3) is 0 Å². The van der Waals surface area contributed by atoms with Crippen LogP contribution in [0.15, 0.2) is 12.4 Å². The lowest BCUT2D eigenvalue weighted by atomic mass is 10.1. The molecule has 0 atom stereocenters. The van der Waals surface area contributed by atoms with Crippen molar-refractivity contribution in [1.82, 2.24) is 9.97 Å². The molecule has 1 rings (SSSR count). The van der Waals surface area contributed by atoms with E-state index in [-0.39, 0.29) is 5.82 Å². The first-order valence-electron chi connectivity index (χ1n) is 4.48. The monoisotopic (exact) mass is 184 g/mol. The first-order valence-corrected chi connectivity index (χ1v) is 4.48. The minimum absolute atomic E-state index is 0.239. The fraction of sp³-hybridized carbons (Fsp3) is 0.600. The van der Waals surface area contributed by atoms with Crippen LogP contribution >= 0.6 is 0 Å². The molecule has 0 aliphatic carbocycles. The molecule has 1 heterocycles. The molecule has 0 bridgehead atoms. The molecule has 2 nitrogen and oxygen atoms in total. The summed E-state index contributed by atoms with van der Waals surface area (Å²) in [6.45, 7) is 8.75. The second kappa shape index (κ2) is 4.90. The molecular weight excluding hydrogens is 167 g/mol. The summed E-state index contributed by atoms with van der Waals surface area (Å²) >= 11 is 0. The summed E-state index contributed by atoms with van der Waals surface area (Å²) in [7, 11) is 0. The zero-order valence-corrected chi connectivity index (χ0v) is 8.93. The van der Waals surface area contributed by atoms with Crippen molar-refractivity contribution >= 4 is 0 Å². The van der Waals surface area contributed by atoms with E-state index >= 15 is 0 Å². The molecule has 13 heavy (non-hydrogen) atoms. The molecule has 1 aromatic rings. The summed E-state index contributed by atoms with van der Waals surface area (Å²) in [6.07, 6.45) is 3.23. The van der Waals surface area contributed by atoms with Gasteiger partial charge in [0.2, 0.25) is 0 Å². The van der Waals surface area contributed by atoms with Gasteiger partial charge in [0.25, 0.3) is 0 Å². The maximum Gasteiger partial charge on any atom is 0.165 e. The van der Waals surface area contributed by atoms with E-state index in [1.54, 1.807) is 12.4 Å². The predicted molar refractivity (Wildman–Crippen MR) is 52.3 cm³/mol. The molecule has 0 aromatic carbocycles. The van der Waals surface area contributed by atoms with Crippen LogP contribution in [0.1, 0.15) is 39.1 Å². The van der Waals surface area contributed by atoms with E-state index in [1.165, 1.54) is 13.8 Å². The quantitative estimate of drug-likeness (QED) is 0.670. The van der Waals surface area contributed by atoms with Gasteiger partial charge in [-0.1, -0.05) is 13.8 Å². The van der Waals surface area contributed by atoms with Crippen LogP contribution < -0.4 is 0 Å². The zero-order valence-electron chi connectivity index (χ0n) is 8.93. The van der Waals surface area contributed by atoms with E-state index in [0.717, 1.165) is 5.56 Å². The summed E-state index contributed by atoms with van der Waals surface area (Å²) in [5.41, 5.74) is -0.494. The number of halogens is 1. The van der Waals surface area contributed by atoms with E-state index in [4.69, 9.17) is 0 Å². The largest absolute Gasteiger partial charge is 0.238 e. The first kappa shape index (κ1) is 12.0. The number of aryl methyl sites for hydroxylation is 1. The Kier molecular flexibility index (Phi) is 4.52. The van der Waals surface area contributed by atoms with Crippen LogP contribution in [0.3, 0.4) is 0 Å². The Bertz CT molecular complexity index is 236. The molecule has 0 unspecified atom stereocenters. The molecule has 0 amide bonds. The Balaban J connectivity index is 0.000000671. The summed E-state index contributed by atoms with van der Waals surface area (Å²) in [6, 6.07) is 0. The number of aromatic nitrogens is 2. The van der Waals surface area contributed by atoms with Crippen molar-refractivity contribution in [2.45, 2.75) is 40.3 Å². The Morgan fingerprint density at radius 1 is 1.15 bits per heavy atom. The van der Waals surface area contributed by atoms with Gasteiger partial charge in [-0.15, -0.1) is 0 Å². The van der Waals surface area contributed by atoms with Gasteiger partial charge in [0.1, 0.15) is 0 Å². The van der Waals surface area contributed by atoms with Crippen LogP contribution in [-0.4, -0.2) is 9.97 Å². The van der Waals surface area contributed by atoms with Crippen molar-refractivity contribution < 1.29 is 4.39 Å². The fourth-order valence-electron chi connectivity index (χ4n) is 0.700. The third-order valence-electron chi connectivity index (χ3n) is 1.31. The van der Waals surface area contributed by atoms with Gasteiger partial charge in [-0.3, -0.25) is 0 Å². The van der Waals surface area contributed by atoms with Gasteiger partial charge < -0.3 is 0 Å². The summed E-state index contributed by atoms with van der Waals surface area (Å²) in [5, 5.41) is 0. The van der Waals surface area contributed by atoms with E-state index in [0.29, 0.717) is 0 Å². The molecular formula is C10H17FN2. The first-order chi connectivity index (χ1) is 6.00. The van der Waals surface area contributed by atoms with Crippen LogP contribution in [-0.2, 0) is 5.67 Å². The average molecular weight is 184 g/mol. The topological polar surface area (TPSA) is 25.8 Å². The minimum atomic E-state index is -1.44. The molecule has 1 aromatic heterocycles. The van der Waals surface area contributed by atoms with Gasteiger partial charge in [-0.25, -0.2) is 14.4 Å². The standard InChI is InChI=1S/C8H11FN2.C2H6/c1-6-4-10-7(11-5-6)8(2,3)9;1-2/h4-5H,1-3H3;1-2H3. The van der Waals surface area contributed by atoms with Gasteiger partial charge in [-0.05, 0) is 26.3 Å². The molecule has 0 spiro atoms. The Morgan fingerprint density at radius 3 is 1.85 bits per heavy atom. The average Bonchev–Trinajstić information content (AvgIpc) is 2.07. The highest BCUT2D eigenvalue weighted by atomic mass is 19.1. The number of alkyl halides is 1. The molecule has 3 heteroatoms. The maximum absolute atomic E-state index is 13.1. The van der Waals surface area contributed by atoms with Crippen molar-refractivity contribution in [2.75, 3.05) is 0 Å². The van der Waals surface area contributed by atoms with Crippen molar-refractivity contribution in [1.29, 1.82) is 0 Å². The highest BCUT2D eigenvalue weighted by molar-refractivity contribution is 5.05. The van der Waals surface area contributed by atoms with Crippen molar-refractivity contribution in [2.24, 2.45) is 0 Å². The highest BCUT2D eigenvalue weighted by Gasteiger charge is 2.21. The van der Waals surface area contributed by atoms with E-state index in [9.17, 15) is 4.39 Å². The lowest BCUT2D eigenvalue weighted by molar-refractivity contribution is 0.206. The lowest BCUT2D eigenvalue weighted by Gasteiger charge is -2.10. The smallest absolute Gasteiger partial charge is 0.165 e. The van der Waals surface area contributed by atoms with Crippen molar-refractivity contribution in [3.8, 4) is 0 Å². The van der Waals surface area contributed by atoms with Gasteiger partial charge in [0.15, 0.2) is 11.5 Å². The van der Waals surface area contributed by atoms with Crippen molar-refractivity contribution in [3.05, 3.63) is 23.8 Å². The Hall–Kier alpha value is -0.990. The van der Waals surface area contributed by atoms with Gasteiger partial charge in [0, 0.05) is 12.4 Å². The molecule has 74 valence electrons. The molecule has 0 aliphatic heterocycles. The molecule has 0 radical (unpaired) electrons. The summed E-state index contributed by atoms with van der Waals surface area (Å²) in [5.74, 6) is 0.239. The number of nitrogens with zero attached hydrogens (tertiary/aromatic N) is 2. The second-order valence-electron chi connectivity index (χ2n) is 3.06. The number of hydrogen-bond donors (Lipinski definition) is 0. The van der Waals surface area contributed by atoms with E-state index in [1.807, 2.05) is 20.8 Å². The third kappa shape index (κ3) is 3.97. The lowest BCUT2D eigenvalue weighted by Crippen LogP contribution is -2.13. The fourth-order valence-corrected chi connectivity index (χ4v) is 0.700. The minimum Gasteiger partial charge on any atom is -0.238 e.